The first-order valence-corrected chi connectivity index (χ1v) is 15.8. The molecule has 2 nitrogen and oxygen atoms in total. The van der Waals surface area contributed by atoms with Gasteiger partial charge in [0.15, 0.2) is 0 Å². The molecule has 1 saturated heterocycles. The van der Waals surface area contributed by atoms with Gasteiger partial charge in [-0.25, -0.2) is 0 Å². The fourth-order valence-corrected chi connectivity index (χ4v) is 6.13. The summed E-state index contributed by atoms with van der Waals surface area (Å²) >= 11 is -0.556. The monoisotopic (exact) mass is 422 g/mol. The Bertz CT molecular complexity index is 336. The van der Waals surface area contributed by atoms with Gasteiger partial charge < -0.3 is 9.79 Å². The molecule has 0 amide bonds. The van der Waals surface area contributed by atoms with Gasteiger partial charge in [-0.15, -0.1) is 5.54 Å². The standard InChI is InChI=1S/C17H33BN2Si.2ClH.Ti/c1-14(2)20(15(3)4)18-12-10-16(11-13-18)21(8,9)19-17(5,6)7;;;/h10-15H,1-9H3;2*1H;/q-1;;;+2/p-2. The Kier molecular flexibility index (Phi) is 12.1. The van der Waals surface area contributed by atoms with E-state index in [0.717, 1.165) is 0 Å². The van der Waals surface area contributed by atoms with Crippen molar-refractivity contribution >= 4 is 33.7 Å². The van der Waals surface area contributed by atoms with Gasteiger partial charge in [-0.05, 0) is 43.1 Å². The van der Waals surface area contributed by atoms with Crippen LogP contribution in [0.15, 0.2) is 0 Å². The first kappa shape index (κ1) is 25.5. The molecule has 0 aromatic rings. The van der Waals surface area contributed by atoms with Crippen molar-refractivity contribution in [1.29, 1.82) is 0 Å². The fraction of sp³-hybridized carbons (Fsp3) is 0.706. The molecule has 1 rings (SSSR count). The van der Waals surface area contributed by atoms with Crippen LogP contribution in [0, 0.1) is 31.0 Å². The number of nitrogens with zero attached hydrogens (tertiary/aromatic N) is 2. The third-order valence-corrected chi connectivity index (χ3v) is 6.78. The van der Waals surface area contributed by atoms with E-state index in [2.05, 4.69) is 91.9 Å². The summed E-state index contributed by atoms with van der Waals surface area (Å²) in [4.78, 5) is 7.63. The second kappa shape index (κ2) is 11.4. The Morgan fingerprint density at radius 2 is 1.42 bits per heavy atom. The molecule has 1 fully saturated rings. The first-order valence-electron chi connectivity index (χ1n) is 8.57. The van der Waals surface area contributed by atoms with Crippen LogP contribution in [-0.2, 0) is 17.0 Å². The number of hydrogen-bond acceptors (Lipinski definition) is 1. The van der Waals surface area contributed by atoms with Gasteiger partial charge in [0.2, 0.25) is 6.85 Å². The molecule has 0 aromatic heterocycles. The summed E-state index contributed by atoms with van der Waals surface area (Å²) in [7, 11) is 8.07. The summed E-state index contributed by atoms with van der Waals surface area (Å²) in [6, 6.07) is 1.10. The van der Waals surface area contributed by atoms with E-state index in [9.17, 15) is 0 Å². The number of rotatable bonds is 5. The molecule has 24 heavy (non-hydrogen) atoms. The molecule has 137 valence electrons. The van der Waals surface area contributed by atoms with Gasteiger partial charge in [-0.3, -0.25) is 0 Å². The second-order valence-electron chi connectivity index (χ2n) is 8.21. The van der Waals surface area contributed by atoms with Crippen LogP contribution in [-0.4, -0.2) is 37.5 Å². The molecular formula is C17H33BCl2N2SiTi-. The summed E-state index contributed by atoms with van der Waals surface area (Å²) in [6.45, 7) is 20.8. The summed E-state index contributed by atoms with van der Waals surface area (Å²) in [6.07, 6.45) is 9.35. The quantitative estimate of drug-likeness (QED) is 0.506. The molecule has 0 spiro atoms. The van der Waals surface area contributed by atoms with Crippen LogP contribution in [0.1, 0.15) is 48.5 Å². The fourth-order valence-electron chi connectivity index (χ4n) is 3.32. The predicted octanol–water partition coefficient (Wildman–Crippen LogP) is 5.87. The second-order valence-corrected chi connectivity index (χ2v) is 14.7. The van der Waals surface area contributed by atoms with Gasteiger partial charge in [0.25, 0.3) is 0 Å². The molecule has 1 aliphatic heterocycles. The van der Waals surface area contributed by atoms with Crippen molar-refractivity contribution in [3.05, 3.63) is 36.0 Å². The molecule has 5 radical (unpaired) electrons. The third kappa shape index (κ3) is 9.44. The Morgan fingerprint density at radius 3 is 1.71 bits per heavy atom. The maximum absolute atomic E-state index is 5.09. The molecule has 0 atom stereocenters. The summed E-state index contributed by atoms with van der Waals surface area (Å²) < 4.78 is 0. The SMILES string of the molecule is CC(C)N(B1[CH][CH][C]([Si](C)(C)[N-]C(C)(C)C)[CH][CH]1)C(C)C.[Cl][Ti][Cl]. The molecule has 1 heterocycles. The predicted molar refractivity (Wildman–Crippen MR) is 111 cm³/mol. The van der Waals surface area contributed by atoms with E-state index in [-0.39, 0.29) is 5.54 Å². The van der Waals surface area contributed by atoms with Gasteiger partial charge in [-0.1, -0.05) is 69.8 Å². The van der Waals surface area contributed by atoms with Gasteiger partial charge in [0.1, 0.15) is 0 Å². The van der Waals surface area contributed by atoms with Crippen molar-refractivity contribution in [3.8, 4) is 0 Å². The van der Waals surface area contributed by atoms with E-state index in [0.29, 0.717) is 18.9 Å². The first-order chi connectivity index (χ1) is 10.9. The molecule has 0 bridgehead atoms. The van der Waals surface area contributed by atoms with Crippen LogP contribution in [0.25, 0.3) is 4.98 Å². The Hall–Kier alpha value is 1.50. The van der Waals surface area contributed by atoms with E-state index < -0.39 is 25.3 Å². The van der Waals surface area contributed by atoms with Gasteiger partial charge in [0.05, 0.1) is 0 Å². The van der Waals surface area contributed by atoms with E-state index >= 15 is 0 Å². The third-order valence-electron chi connectivity index (χ3n) is 3.80. The molecule has 0 N–H and O–H groups in total. The number of halogens is 2. The molecule has 0 aromatic carbocycles. The van der Waals surface area contributed by atoms with Crippen LogP contribution in [0.5, 0.6) is 0 Å². The Balaban J connectivity index is 0.00000163. The zero-order chi connectivity index (χ0) is 19.1. The van der Waals surface area contributed by atoms with Gasteiger partial charge in [0, 0.05) is 0 Å². The van der Waals surface area contributed by atoms with Crippen molar-refractivity contribution in [1.82, 2.24) is 4.81 Å². The van der Waals surface area contributed by atoms with Crippen LogP contribution in [0.3, 0.4) is 0 Å². The zero-order valence-corrected chi connectivity index (χ0v) is 20.8. The molecule has 7 heteroatoms. The van der Waals surface area contributed by atoms with E-state index in [1.54, 1.807) is 0 Å². The van der Waals surface area contributed by atoms with Gasteiger partial charge >= 0.3 is 35.6 Å². The van der Waals surface area contributed by atoms with Crippen molar-refractivity contribution in [3.63, 3.8) is 0 Å². The maximum atomic E-state index is 5.09. The van der Waals surface area contributed by atoms with E-state index in [4.69, 9.17) is 23.6 Å². The van der Waals surface area contributed by atoms with E-state index in [1.165, 1.54) is 5.54 Å². The zero-order valence-electron chi connectivity index (χ0n) is 16.7. The van der Waals surface area contributed by atoms with Crippen molar-refractivity contribution in [2.45, 2.75) is 79.2 Å². The molecule has 1 aliphatic rings. The van der Waals surface area contributed by atoms with Crippen molar-refractivity contribution in [2.75, 3.05) is 0 Å². The molecule has 0 aliphatic carbocycles. The average Bonchev–Trinajstić information content (AvgIpc) is 2.36. The van der Waals surface area contributed by atoms with Crippen LogP contribution in [0.2, 0.25) is 13.1 Å². The normalized spacial score (nSPS) is 17.3. The van der Waals surface area contributed by atoms with Crippen molar-refractivity contribution in [2.24, 2.45) is 0 Å². The average molecular weight is 423 g/mol. The summed E-state index contributed by atoms with van der Waals surface area (Å²) in [5, 5.41) is 0. The minimum absolute atomic E-state index is 0.0448. The topological polar surface area (TPSA) is 17.3 Å². The molecular weight excluding hydrogens is 390 g/mol. The van der Waals surface area contributed by atoms with Gasteiger partial charge in [-0.2, -0.15) is 0 Å². The molecule has 0 unspecified atom stereocenters. The van der Waals surface area contributed by atoms with Crippen molar-refractivity contribution < 1.29 is 17.0 Å². The van der Waals surface area contributed by atoms with Crippen LogP contribution < -0.4 is 0 Å². The van der Waals surface area contributed by atoms with E-state index in [1.807, 2.05) is 0 Å². The minimum atomic E-state index is -1.71. The summed E-state index contributed by atoms with van der Waals surface area (Å²) in [5.74, 6) is 0. The Labute approximate surface area is 170 Å². The molecule has 0 saturated carbocycles. The van der Waals surface area contributed by atoms with Crippen LogP contribution in [0.4, 0.5) is 0 Å². The van der Waals surface area contributed by atoms with Crippen LogP contribution >= 0.6 is 18.6 Å². The Morgan fingerprint density at radius 1 is 1.04 bits per heavy atom. The number of hydrogen-bond donors (Lipinski definition) is 0. The summed E-state index contributed by atoms with van der Waals surface area (Å²) in [5.41, 5.74) is 1.48.